The summed E-state index contributed by atoms with van der Waals surface area (Å²) in [6.07, 6.45) is 1.84. The van der Waals surface area contributed by atoms with E-state index in [1.54, 1.807) is 12.3 Å². The zero-order valence-electron chi connectivity index (χ0n) is 11.7. The number of pyridine rings is 1. The SMILES string of the molecule is FC(F)(F)C1(Nc2nc(-c3cn[nH]c3)nc3cnccc23)CC1. The number of aromatic amines is 1. The van der Waals surface area contributed by atoms with Crippen LogP contribution in [0.4, 0.5) is 19.0 Å². The maximum Gasteiger partial charge on any atom is 0.411 e. The summed E-state index contributed by atoms with van der Waals surface area (Å²) >= 11 is 0. The van der Waals surface area contributed by atoms with E-state index in [1.165, 1.54) is 18.6 Å². The first kappa shape index (κ1) is 13.9. The monoisotopic (exact) mass is 320 g/mol. The quantitative estimate of drug-likeness (QED) is 0.776. The molecule has 0 aromatic carbocycles. The van der Waals surface area contributed by atoms with E-state index in [-0.39, 0.29) is 18.7 Å². The van der Waals surface area contributed by atoms with Crippen molar-refractivity contribution in [2.75, 3.05) is 5.32 Å². The second-order valence-electron chi connectivity index (χ2n) is 5.48. The van der Waals surface area contributed by atoms with Crippen molar-refractivity contribution in [3.8, 4) is 11.4 Å². The summed E-state index contributed by atoms with van der Waals surface area (Å²) in [6.45, 7) is 0. The molecule has 3 aromatic rings. The van der Waals surface area contributed by atoms with Crippen molar-refractivity contribution in [3.63, 3.8) is 0 Å². The Labute approximate surface area is 128 Å². The molecule has 1 aliphatic rings. The number of hydrogen-bond acceptors (Lipinski definition) is 5. The molecule has 0 atom stereocenters. The Balaban J connectivity index is 1.85. The van der Waals surface area contributed by atoms with Crippen LogP contribution >= 0.6 is 0 Å². The first-order chi connectivity index (χ1) is 11.0. The predicted octanol–water partition coefficient (Wildman–Crippen LogP) is 2.92. The summed E-state index contributed by atoms with van der Waals surface area (Å²) in [5.74, 6) is 0.447. The number of nitrogens with one attached hydrogen (secondary N) is 2. The van der Waals surface area contributed by atoms with Crippen LogP contribution in [0.3, 0.4) is 0 Å². The van der Waals surface area contributed by atoms with Crippen LogP contribution in [-0.2, 0) is 0 Å². The van der Waals surface area contributed by atoms with Crippen LogP contribution in [0.2, 0.25) is 0 Å². The van der Waals surface area contributed by atoms with Gasteiger partial charge in [0.15, 0.2) is 5.82 Å². The molecular weight excluding hydrogens is 309 g/mol. The summed E-state index contributed by atoms with van der Waals surface area (Å²) in [4.78, 5) is 12.6. The molecule has 3 heterocycles. The summed E-state index contributed by atoms with van der Waals surface area (Å²) in [7, 11) is 0. The lowest BCUT2D eigenvalue weighted by molar-refractivity contribution is -0.151. The van der Waals surface area contributed by atoms with Gasteiger partial charge in [-0.25, -0.2) is 9.97 Å². The second kappa shape index (κ2) is 4.64. The molecule has 6 nitrogen and oxygen atoms in total. The van der Waals surface area contributed by atoms with Crippen molar-refractivity contribution in [2.24, 2.45) is 0 Å². The van der Waals surface area contributed by atoms with Gasteiger partial charge in [-0.15, -0.1) is 0 Å². The molecule has 1 aliphatic carbocycles. The van der Waals surface area contributed by atoms with Gasteiger partial charge < -0.3 is 5.32 Å². The van der Waals surface area contributed by atoms with Crippen LogP contribution in [0.5, 0.6) is 0 Å². The van der Waals surface area contributed by atoms with Crippen LogP contribution < -0.4 is 5.32 Å². The highest BCUT2D eigenvalue weighted by atomic mass is 19.4. The minimum absolute atomic E-state index is 0.0358. The van der Waals surface area contributed by atoms with Crippen molar-refractivity contribution in [1.29, 1.82) is 0 Å². The first-order valence-electron chi connectivity index (χ1n) is 6.94. The molecule has 4 rings (SSSR count). The number of rotatable bonds is 3. The van der Waals surface area contributed by atoms with Gasteiger partial charge in [-0.05, 0) is 18.9 Å². The molecule has 23 heavy (non-hydrogen) atoms. The molecule has 0 bridgehead atoms. The minimum Gasteiger partial charge on any atom is -0.356 e. The number of anilines is 1. The van der Waals surface area contributed by atoms with Gasteiger partial charge in [0.25, 0.3) is 0 Å². The Bertz CT molecular complexity index is 855. The Kier molecular flexibility index (Phi) is 2.81. The van der Waals surface area contributed by atoms with E-state index in [2.05, 4.69) is 30.5 Å². The minimum atomic E-state index is -4.33. The van der Waals surface area contributed by atoms with Gasteiger partial charge in [0.2, 0.25) is 0 Å². The van der Waals surface area contributed by atoms with Gasteiger partial charge in [-0.3, -0.25) is 10.1 Å². The smallest absolute Gasteiger partial charge is 0.356 e. The van der Waals surface area contributed by atoms with Crippen molar-refractivity contribution in [2.45, 2.75) is 24.6 Å². The summed E-state index contributed by atoms with van der Waals surface area (Å²) < 4.78 is 39.7. The Morgan fingerprint density at radius 2 is 2.00 bits per heavy atom. The third-order valence-electron chi connectivity index (χ3n) is 3.91. The van der Waals surface area contributed by atoms with Gasteiger partial charge in [0, 0.05) is 17.8 Å². The topological polar surface area (TPSA) is 79.4 Å². The van der Waals surface area contributed by atoms with Gasteiger partial charge in [-0.2, -0.15) is 18.3 Å². The van der Waals surface area contributed by atoms with E-state index in [9.17, 15) is 13.2 Å². The molecule has 1 saturated carbocycles. The summed E-state index contributed by atoms with van der Waals surface area (Å²) in [6, 6.07) is 1.60. The van der Waals surface area contributed by atoms with E-state index in [4.69, 9.17) is 0 Å². The van der Waals surface area contributed by atoms with E-state index >= 15 is 0 Å². The number of aromatic nitrogens is 5. The highest BCUT2D eigenvalue weighted by Crippen LogP contribution is 2.51. The molecule has 0 saturated heterocycles. The lowest BCUT2D eigenvalue weighted by atomic mass is 10.2. The van der Waals surface area contributed by atoms with E-state index < -0.39 is 11.7 Å². The standard InChI is InChI=1S/C14H11F3N6/c15-14(16,17)13(2-3-13)23-12-9-1-4-18-7-10(9)21-11(22-12)8-5-19-20-6-8/h1,4-7H,2-3H2,(H,19,20)(H,21,22,23). The Morgan fingerprint density at radius 1 is 1.17 bits per heavy atom. The number of hydrogen-bond donors (Lipinski definition) is 2. The molecule has 2 N–H and O–H groups in total. The third kappa shape index (κ3) is 2.28. The van der Waals surface area contributed by atoms with Gasteiger partial charge in [-0.1, -0.05) is 0 Å². The predicted molar refractivity (Wildman–Crippen MR) is 76.6 cm³/mol. The highest BCUT2D eigenvalue weighted by molar-refractivity contribution is 5.90. The van der Waals surface area contributed by atoms with E-state index in [0.717, 1.165) is 0 Å². The lowest BCUT2D eigenvalue weighted by Gasteiger charge is -2.22. The number of fused-ring (bicyclic) bond motifs is 1. The molecular formula is C14H11F3N6. The van der Waals surface area contributed by atoms with Crippen molar-refractivity contribution in [3.05, 3.63) is 30.9 Å². The highest BCUT2D eigenvalue weighted by Gasteiger charge is 2.63. The molecule has 0 spiro atoms. The molecule has 9 heteroatoms. The number of H-pyrrole nitrogens is 1. The normalized spacial score (nSPS) is 16.5. The molecule has 0 aliphatic heterocycles. The van der Waals surface area contributed by atoms with Crippen LogP contribution in [0.25, 0.3) is 22.3 Å². The molecule has 0 amide bonds. The van der Waals surface area contributed by atoms with Crippen molar-refractivity contribution < 1.29 is 13.2 Å². The largest absolute Gasteiger partial charge is 0.411 e. The fraction of sp³-hybridized carbons (Fsp3) is 0.286. The van der Waals surface area contributed by atoms with Gasteiger partial charge in [0.05, 0.1) is 23.5 Å². The van der Waals surface area contributed by atoms with Gasteiger partial charge in [0.1, 0.15) is 11.4 Å². The third-order valence-corrected chi connectivity index (χ3v) is 3.91. The Morgan fingerprint density at radius 3 is 2.65 bits per heavy atom. The molecule has 0 unspecified atom stereocenters. The second-order valence-corrected chi connectivity index (χ2v) is 5.48. The molecule has 0 radical (unpaired) electrons. The van der Waals surface area contributed by atoms with E-state index in [1.807, 2.05) is 0 Å². The average Bonchev–Trinajstić information content (AvgIpc) is 3.11. The van der Waals surface area contributed by atoms with Crippen molar-refractivity contribution >= 4 is 16.7 Å². The fourth-order valence-electron chi connectivity index (χ4n) is 2.41. The van der Waals surface area contributed by atoms with Gasteiger partial charge >= 0.3 is 6.18 Å². The maximum atomic E-state index is 13.2. The van der Waals surface area contributed by atoms with Crippen LogP contribution in [0, 0.1) is 0 Å². The lowest BCUT2D eigenvalue weighted by Crippen LogP contribution is -2.39. The first-order valence-corrected chi connectivity index (χ1v) is 6.94. The maximum absolute atomic E-state index is 13.2. The van der Waals surface area contributed by atoms with Crippen LogP contribution in [-0.4, -0.2) is 36.9 Å². The van der Waals surface area contributed by atoms with Crippen LogP contribution in [0.1, 0.15) is 12.8 Å². The number of nitrogens with zero attached hydrogens (tertiary/aromatic N) is 4. The Hall–Kier alpha value is -2.71. The van der Waals surface area contributed by atoms with Crippen molar-refractivity contribution in [1.82, 2.24) is 25.1 Å². The van der Waals surface area contributed by atoms with E-state index in [0.29, 0.717) is 22.3 Å². The zero-order valence-corrected chi connectivity index (χ0v) is 11.7. The number of halogens is 3. The average molecular weight is 320 g/mol. The van der Waals surface area contributed by atoms with Crippen LogP contribution in [0.15, 0.2) is 30.9 Å². The fourth-order valence-corrected chi connectivity index (χ4v) is 2.41. The number of alkyl halides is 3. The zero-order chi connectivity index (χ0) is 16.1. The summed E-state index contributed by atoms with van der Waals surface area (Å²) in [5, 5.41) is 9.53. The molecule has 1 fully saturated rings. The molecule has 118 valence electrons. The molecule has 3 aromatic heterocycles. The summed E-state index contributed by atoms with van der Waals surface area (Å²) in [5.41, 5.74) is -0.833.